The Morgan fingerprint density at radius 1 is 1.45 bits per heavy atom. The number of anilines is 1. The molecule has 8 heteroatoms. The number of carboxylic acids is 1. The van der Waals surface area contributed by atoms with E-state index >= 15 is 0 Å². The highest BCUT2D eigenvalue weighted by atomic mass is 16.6. The predicted octanol–water partition coefficient (Wildman–Crippen LogP) is 0.983. The molecule has 1 aromatic carbocycles. The normalized spacial score (nSPS) is 17.7. The zero-order chi connectivity index (χ0) is 14.7. The number of nitro groups is 1. The summed E-state index contributed by atoms with van der Waals surface area (Å²) in [4.78, 5) is 33.1. The fourth-order valence-electron chi connectivity index (χ4n) is 2.06. The molecular weight excluding hydrogens is 266 g/mol. The molecule has 1 atom stereocenters. The summed E-state index contributed by atoms with van der Waals surface area (Å²) in [6.45, 7) is 0.721. The minimum atomic E-state index is -1.26. The molecule has 0 radical (unpaired) electrons. The van der Waals surface area contributed by atoms with Gasteiger partial charge in [-0.05, 0) is 25.5 Å². The van der Waals surface area contributed by atoms with Crippen LogP contribution in [0.2, 0.25) is 0 Å². The number of hydrogen-bond acceptors (Lipinski definition) is 5. The molecule has 1 heterocycles. The lowest BCUT2D eigenvalue weighted by molar-refractivity contribution is -0.384. The van der Waals surface area contributed by atoms with E-state index in [4.69, 9.17) is 5.11 Å². The number of carbonyl (C=O) groups is 2. The van der Waals surface area contributed by atoms with Crippen LogP contribution in [0.5, 0.6) is 0 Å². The second-order valence-electron chi connectivity index (χ2n) is 4.43. The summed E-state index contributed by atoms with van der Waals surface area (Å²) >= 11 is 0. The molecule has 20 heavy (non-hydrogen) atoms. The van der Waals surface area contributed by atoms with Crippen molar-refractivity contribution in [3.63, 3.8) is 0 Å². The van der Waals surface area contributed by atoms with Crippen molar-refractivity contribution >= 4 is 23.3 Å². The Balaban J connectivity index is 2.27. The van der Waals surface area contributed by atoms with Gasteiger partial charge in [-0.1, -0.05) is 0 Å². The Hall–Kier alpha value is -2.48. The van der Waals surface area contributed by atoms with Gasteiger partial charge in [0.05, 0.1) is 22.2 Å². The summed E-state index contributed by atoms with van der Waals surface area (Å²) in [5.74, 6) is -1.64. The standard InChI is InChI=1S/C12H13N3O5/c16-11(9-2-1-5-13-9)14-10-6-7(15(19)20)3-4-8(10)12(17)18/h3-4,6,9,13H,1-2,5H2,(H,14,16)(H,17,18)/t9-/m0/s1. The lowest BCUT2D eigenvalue weighted by Gasteiger charge is -2.12. The molecule has 0 bridgehead atoms. The number of nitro benzene ring substituents is 1. The van der Waals surface area contributed by atoms with Gasteiger partial charge in [-0.3, -0.25) is 14.9 Å². The van der Waals surface area contributed by atoms with Crippen LogP contribution in [0.25, 0.3) is 0 Å². The molecule has 1 fully saturated rings. The number of amides is 1. The lowest BCUT2D eigenvalue weighted by Crippen LogP contribution is -2.35. The maximum atomic E-state index is 11.9. The van der Waals surface area contributed by atoms with Crippen molar-refractivity contribution in [2.75, 3.05) is 11.9 Å². The zero-order valence-corrected chi connectivity index (χ0v) is 10.5. The molecule has 3 N–H and O–H groups in total. The average molecular weight is 279 g/mol. The Bertz CT molecular complexity index is 566. The topological polar surface area (TPSA) is 122 Å². The van der Waals surface area contributed by atoms with E-state index < -0.39 is 16.9 Å². The first kappa shape index (κ1) is 13.9. The van der Waals surface area contributed by atoms with Crippen LogP contribution in [0.15, 0.2) is 18.2 Å². The van der Waals surface area contributed by atoms with Crippen molar-refractivity contribution in [1.82, 2.24) is 5.32 Å². The molecule has 1 aromatic rings. The SMILES string of the molecule is O=C(O)c1ccc([N+](=O)[O-])cc1NC(=O)[C@@H]1CCCN1. The molecular formula is C12H13N3O5. The predicted molar refractivity (Wildman–Crippen MR) is 69.7 cm³/mol. The fourth-order valence-corrected chi connectivity index (χ4v) is 2.06. The molecule has 0 unspecified atom stereocenters. The summed E-state index contributed by atoms with van der Waals surface area (Å²) < 4.78 is 0. The van der Waals surface area contributed by atoms with Crippen LogP contribution >= 0.6 is 0 Å². The van der Waals surface area contributed by atoms with E-state index in [1.165, 1.54) is 0 Å². The van der Waals surface area contributed by atoms with Crippen molar-refractivity contribution in [2.24, 2.45) is 0 Å². The molecule has 1 saturated heterocycles. The minimum Gasteiger partial charge on any atom is -0.478 e. The fraction of sp³-hybridized carbons (Fsp3) is 0.333. The first-order valence-electron chi connectivity index (χ1n) is 6.05. The van der Waals surface area contributed by atoms with Crippen LogP contribution < -0.4 is 10.6 Å². The van der Waals surface area contributed by atoms with Gasteiger partial charge in [-0.15, -0.1) is 0 Å². The van der Waals surface area contributed by atoms with Crippen molar-refractivity contribution < 1.29 is 19.6 Å². The molecule has 1 amide bonds. The second-order valence-corrected chi connectivity index (χ2v) is 4.43. The van der Waals surface area contributed by atoms with Crippen LogP contribution in [0, 0.1) is 10.1 Å². The first-order chi connectivity index (χ1) is 9.49. The Labute approximate surface area is 113 Å². The van der Waals surface area contributed by atoms with Crippen LogP contribution in [0.4, 0.5) is 11.4 Å². The third-order valence-corrected chi connectivity index (χ3v) is 3.08. The largest absolute Gasteiger partial charge is 0.478 e. The van der Waals surface area contributed by atoms with Crippen LogP contribution in [0.1, 0.15) is 23.2 Å². The zero-order valence-electron chi connectivity index (χ0n) is 10.5. The monoisotopic (exact) mass is 279 g/mol. The van der Waals surface area contributed by atoms with Crippen molar-refractivity contribution in [1.29, 1.82) is 0 Å². The number of carboxylic acid groups (broad SMARTS) is 1. The van der Waals surface area contributed by atoms with Crippen LogP contribution in [0.3, 0.4) is 0 Å². The van der Waals surface area contributed by atoms with E-state index in [1.807, 2.05) is 0 Å². The number of nitrogens with one attached hydrogen (secondary N) is 2. The highest BCUT2D eigenvalue weighted by Gasteiger charge is 2.24. The number of nitrogens with zero attached hydrogens (tertiary/aromatic N) is 1. The highest BCUT2D eigenvalue weighted by molar-refractivity contribution is 6.02. The van der Waals surface area contributed by atoms with Gasteiger partial charge in [0.25, 0.3) is 5.69 Å². The van der Waals surface area contributed by atoms with Crippen molar-refractivity contribution in [2.45, 2.75) is 18.9 Å². The second kappa shape index (κ2) is 5.66. The number of carbonyl (C=O) groups excluding carboxylic acids is 1. The molecule has 1 aliphatic heterocycles. The third kappa shape index (κ3) is 2.91. The Morgan fingerprint density at radius 3 is 2.75 bits per heavy atom. The average Bonchev–Trinajstić information content (AvgIpc) is 2.92. The van der Waals surface area contributed by atoms with E-state index in [0.29, 0.717) is 6.42 Å². The maximum absolute atomic E-state index is 11.9. The summed E-state index contributed by atoms with van der Waals surface area (Å²) in [6.07, 6.45) is 1.52. The molecule has 1 aliphatic rings. The van der Waals surface area contributed by atoms with Crippen molar-refractivity contribution in [3.05, 3.63) is 33.9 Å². The number of non-ortho nitro benzene ring substituents is 1. The van der Waals surface area contributed by atoms with Crippen LogP contribution in [-0.2, 0) is 4.79 Å². The Kier molecular flexibility index (Phi) is 3.94. The molecule has 2 rings (SSSR count). The summed E-state index contributed by atoms with van der Waals surface area (Å²) in [7, 11) is 0. The molecule has 0 spiro atoms. The van der Waals surface area contributed by atoms with E-state index in [0.717, 1.165) is 31.2 Å². The van der Waals surface area contributed by atoms with Gasteiger partial charge in [-0.25, -0.2) is 4.79 Å². The van der Waals surface area contributed by atoms with E-state index in [1.54, 1.807) is 0 Å². The lowest BCUT2D eigenvalue weighted by atomic mass is 10.1. The molecule has 8 nitrogen and oxygen atoms in total. The molecule has 0 saturated carbocycles. The highest BCUT2D eigenvalue weighted by Crippen LogP contribution is 2.23. The van der Waals surface area contributed by atoms with Gasteiger partial charge in [0.2, 0.25) is 5.91 Å². The maximum Gasteiger partial charge on any atom is 0.337 e. The van der Waals surface area contributed by atoms with Gasteiger partial charge < -0.3 is 15.7 Å². The van der Waals surface area contributed by atoms with Crippen LogP contribution in [-0.4, -0.2) is 34.5 Å². The van der Waals surface area contributed by atoms with Gasteiger partial charge >= 0.3 is 5.97 Å². The first-order valence-corrected chi connectivity index (χ1v) is 6.05. The molecule has 0 aromatic heterocycles. The molecule has 0 aliphatic carbocycles. The Morgan fingerprint density at radius 2 is 2.20 bits per heavy atom. The number of benzene rings is 1. The number of rotatable bonds is 4. The summed E-state index contributed by atoms with van der Waals surface area (Å²) in [5.41, 5.74) is -0.517. The number of aromatic carboxylic acids is 1. The summed E-state index contributed by atoms with van der Waals surface area (Å²) in [5, 5.41) is 25.2. The summed E-state index contributed by atoms with van der Waals surface area (Å²) in [6, 6.07) is 2.86. The van der Waals surface area contributed by atoms with Gasteiger partial charge in [-0.2, -0.15) is 0 Å². The molecule has 106 valence electrons. The number of hydrogen-bond donors (Lipinski definition) is 3. The smallest absolute Gasteiger partial charge is 0.337 e. The minimum absolute atomic E-state index is 0.0644. The van der Waals surface area contributed by atoms with Gasteiger partial charge in [0.1, 0.15) is 0 Å². The third-order valence-electron chi connectivity index (χ3n) is 3.08. The quantitative estimate of drug-likeness (QED) is 0.558. The van der Waals surface area contributed by atoms with Gasteiger partial charge in [0, 0.05) is 12.1 Å². The van der Waals surface area contributed by atoms with Crippen molar-refractivity contribution in [3.8, 4) is 0 Å². The van der Waals surface area contributed by atoms with E-state index in [-0.39, 0.29) is 22.8 Å². The van der Waals surface area contributed by atoms with Gasteiger partial charge in [0.15, 0.2) is 0 Å². The van der Waals surface area contributed by atoms with E-state index in [9.17, 15) is 19.7 Å². The van der Waals surface area contributed by atoms with E-state index in [2.05, 4.69) is 10.6 Å².